The third-order valence-corrected chi connectivity index (χ3v) is 5.81. The lowest BCUT2D eigenvalue weighted by molar-refractivity contribution is 0.404. The Hall–Kier alpha value is -3.13. The standard InChI is InChI=1S/C20H19N7S/c1-4-16(14-26(9-1)20-22-6-3-7-23-20)27-10-8-21-19(27)15-12-24-18(25-13-15)17-5-2-11-28-17/h2-3,5-8,10-13,16H,1,4,9,14H2/t16-/m1/s1. The molecule has 4 aromatic heterocycles. The van der Waals surface area contributed by atoms with E-state index in [-0.39, 0.29) is 0 Å². The number of aromatic nitrogens is 6. The minimum Gasteiger partial charge on any atom is -0.339 e. The minimum atomic E-state index is 0.312. The van der Waals surface area contributed by atoms with Crippen LogP contribution in [-0.4, -0.2) is 42.6 Å². The summed E-state index contributed by atoms with van der Waals surface area (Å²) in [4.78, 5) is 25.8. The molecule has 0 spiro atoms. The zero-order chi connectivity index (χ0) is 18.8. The molecule has 5 rings (SSSR count). The Morgan fingerprint density at radius 1 is 0.964 bits per heavy atom. The van der Waals surface area contributed by atoms with Gasteiger partial charge in [0.1, 0.15) is 5.82 Å². The summed E-state index contributed by atoms with van der Waals surface area (Å²) >= 11 is 1.64. The second kappa shape index (κ2) is 7.47. The number of anilines is 1. The van der Waals surface area contributed by atoms with Crippen LogP contribution in [-0.2, 0) is 0 Å². The number of thiophene rings is 1. The Morgan fingerprint density at radius 2 is 1.82 bits per heavy atom. The van der Waals surface area contributed by atoms with E-state index in [1.165, 1.54) is 0 Å². The van der Waals surface area contributed by atoms with Crippen LogP contribution in [0.3, 0.4) is 0 Å². The number of rotatable bonds is 4. The first kappa shape index (κ1) is 17.0. The first-order valence-electron chi connectivity index (χ1n) is 9.29. The maximum Gasteiger partial charge on any atom is 0.225 e. The maximum atomic E-state index is 4.59. The van der Waals surface area contributed by atoms with Crippen LogP contribution in [0.25, 0.3) is 22.1 Å². The van der Waals surface area contributed by atoms with Crippen LogP contribution in [0.1, 0.15) is 18.9 Å². The lowest BCUT2D eigenvalue weighted by Gasteiger charge is -2.34. The van der Waals surface area contributed by atoms with Gasteiger partial charge in [-0.25, -0.2) is 24.9 Å². The first-order chi connectivity index (χ1) is 13.9. The van der Waals surface area contributed by atoms with Crippen molar-refractivity contribution in [2.75, 3.05) is 18.0 Å². The van der Waals surface area contributed by atoms with Gasteiger partial charge >= 0.3 is 0 Å². The molecule has 7 nitrogen and oxygen atoms in total. The monoisotopic (exact) mass is 389 g/mol. The van der Waals surface area contributed by atoms with E-state index in [1.807, 2.05) is 48.4 Å². The van der Waals surface area contributed by atoms with Gasteiger partial charge in [0.05, 0.1) is 16.5 Å². The molecule has 1 aliphatic rings. The molecule has 0 bridgehead atoms. The average molecular weight is 389 g/mol. The van der Waals surface area contributed by atoms with Gasteiger partial charge in [0.15, 0.2) is 5.82 Å². The second-order valence-electron chi connectivity index (χ2n) is 6.72. The molecule has 4 aromatic rings. The third-order valence-electron chi connectivity index (χ3n) is 4.95. The molecule has 0 amide bonds. The molecule has 0 saturated carbocycles. The van der Waals surface area contributed by atoms with Gasteiger partial charge in [-0.3, -0.25) is 0 Å². The van der Waals surface area contributed by atoms with Crippen molar-refractivity contribution in [3.05, 3.63) is 60.8 Å². The molecule has 5 heterocycles. The Bertz CT molecular complexity index is 1030. The summed E-state index contributed by atoms with van der Waals surface area (Å²) in [5.74, 6) is 2.44. The molecule has 0 aliphatic carbocycles. The van der Waals surface area contributed by atoms with Crippen LogP contribution in [0.5, 0.6) is 0 Å². The molecule has 0 unspecified atom stereocenters. The molecule has 28 heavy (non-hydrogen) atoms. The van der Waals surface area contributed by atoms with E-state index in [9.17, 15) is 0 Å². The van der Waals surface area contributed by atoms with E-state index in [4.69, 9.17) is 0 Å². The van der Waals surface area contributed by atoms with Gasteiger partial charge < -0.3 is 9.47 Å². The van der Waals surface area contributed by atoms with Crippen LogP contribution in [0.15, 0.2) is 60.8 Å². The summed E-state index contributed by atoms with van der Waals surface area (Å²) in [6, 6.07) is 6.20. The third kappa shape index (κ3) is 3.27. The van der Waals surface area contributed by atoms with Gasteiger partial charge in [-0.2, -0.15) is 0 Å². The predicted molar refractivity (Wildman–Crippen MR) is 109 cm³/mol. The quantitative estimate of drug-likeness (QED) is 0.530. The van der Waals surface area contributed by atoms with Crippen molar-refractivity contribution >= 4 is 17.3 Å². The highest BCUT2D eigenvalue weighted by Gasteiger charge is 2.25. The SMILES string of the molecule is c1cnc(N2CCC[C@@H](n3ccnc3-c3cnc(-c4cccs4)nc3)C2)nc1. The van der Waals surface area contributed by atoms with Gasteiger partial charge in [-0.1, -0.05) is 6.07 Å². The highest BCUT2D eigenvalue weighted by atomic mass is 32.1. The van der Waals surface area contributed by atoms with Gasteiger partial charge in [0.2, 0.25) is 5.95 Å². The Labute approximate surface area is 166 Å². The molecule has 1 fully saturated rings. The van der Waals surface area contributed by atoms with Crippen LogP contribution < -0.4 is 4.90 Å². The lowest BCUT2D eigenvalue weighted by Crippen LogP contribution is -2.37. The maximum absolute atomic E-state index is 4.59. The molecule has 0 radical (unpaired) electrons. The number of hydrogen-bond acceptors (Lipinski definition) is 7. The Morgan fingerprint density at radius 3 is 2.61 bits per heavy atom. The molecule has 1 saturated heterocycles. The van der Waals surface area contributed by atoms with Crippen LogP contribution in [0.2, 0.25) is 0 Å². The van der Waals surface area contributed by atoms with Crippen molar-refractivity contribution in [1.82, 2.24) is 29.5 Å². The Balaban J connectivity index is 1.40. The molecular formula is C20H19N7S. The van der Waals surface area contributed by atoms with E-state index in [0.717, 1.165) is 54.0 Å². The van der Waals surface area contributed by atoms with Crippen molar-refractivity contribution in [1.29, 1.82) is 0 Å². The molecule has 1 aliphatic heterocycles. The number of nitrogens with zero attached hydrogens (tertiary/aromatic N) is 7. The van der Waals surface area contributed by atoms with Crippen LogP contribution in [0.4, 0.5) is 5.95 Å². The van der Waals surface area contributed by atoms with Gasteiger partial charge in [0.25, 0.3) is 0 Å². The summed E-state index contributed by atoms with van der Waals surface area (Å²) in [5, 5.41) is 2.03. The highest BCUT2D eigenvalue weighted by Crippen LogP contribution is 2.29. The van der Waals surface area contributed by atoms with Crippen molar-refractivity contribution in [3.63, 3.8) is 0 Å². The summed E-state index contributed by atoms with van der Waals surface area (Å²) in [7, 11) is 0. The second-order valence-corrected chi connectivity index (χ2v) is 7.67. The van der Waals surface area contributed by atoms with Crippen LogP contribution >= 0.6 is 11.3 Å². The Kier molecular flexibility index (Phi) is 4.54. The highest BCUT2D eigenvalue weighted by molar-refractivity contribution is 7.13. The summed E-state index contributed by atoms with van der Waals surface area (Å²) in [5.41, 5.74) is 0.929. The molecular weight excluding hydrogens is 370 g/mol. The smallest absolute Gasteiger partial charge is 0.225 e. The molecule has 0 aromatic carbocycles. The van der Waals surface area contributed by atoms with Crippen molar-refractivity contribution in [2.24, 2.45) is 0 Å². The normalized spacial score (nSPS) is 17.0. The number of hydrogen-bond donors (Lipinski definition) is 0. The first-order valence-corrected chi connectivity index (χ1v) is 10.2. The van der Waals surface area contributed by atoms with E-state index >= 15 is 0 Å². The molecule has 0 N–H and O–H groups in total. The largest absolute Gasteiger partial charge is 0.339 e. The zero-order valence-corrected chi connectivity index (χ0v) is 16.0. The summed E-state index contributed by atoms with van der Waals surface area (Å²) < 4.78 is 2.23. The van der Waals surface area contributed by atoms with Gasteiger partial charge in [0, 0.05) is 50.3 Å². The number of piperidine rings is 1. The summed E-state index contributed by atoms with van der Waals surface area (Å²) in [6.45, 7) is 1.84. The van der Waals surface area contributed by atoms with Gasteiger partial charge in [-0.15, -0.1) is 11.3 Å². The van der Waals surface area contributed by atoms with Gasteiger partial charge in [-0.05, 0) is 30.4 Å². The zero-order valence-electron chi connectivity index (χ0n) is 15.2. The topological polar surface area (TPSA) is 72.6 Å². The minimum absolute atomic E-state index is 0.312. The van der Waals surface area contributed by atoms with Crippen molar-refractivity contribution in [2.45, 2.75) is 18.9 Å². The fourth-order valence-electron chi connectivity index (χ4n) is 3.63. The van der Waals surface area contributed by atoms with E-state index < -0.39 is 0 Å². The van der Waals surface area contributed by atoms with Crippen molar-refractivity contribution < 1.29 is 0 Å². The van der Waals surface area contributed by atoms with E-state index in [1.54, 1.807) is 23.7 Å². The predicted octanol–water partition coefficient (Wildman–Crippen LogP) is 3.70. The van der Waals surface area contributed by atoms with Crippen molar-refractivity contribution in [3.8, 4) is 22.1 Å². The fourth-order valence-corrected chi connectivity index (χ4v) is 4.30. The molecule has 140 valence electrons. The number of imidazole rings is 1. The lowest BCUT2D eigenvalue weighted by atomic mass is 10.1. The van der Waals surface area contributed by atoms with E-state index in [2.05, 4.69) is 34.4 Å². The average Bonchev–Trinajstić information content (AvgIpc) is 3.47. The van der Waals surface area contributed by atoms with Crippen LogP contribution in [0, 0.1) is 0 Å². The molecule has 1 atom stereocenters. The summed E-state index contributed by atoms with van der Waals surface area (Å²) in [6.07, 6.45) is 13.4. The fraction of sp³-hybridized carbons (Fsp3) is 0.250. The molecule has 8 heteroatoms. The van der Waals surface area contributed by atoms with E-state index in [0.29, 0.717) is 6.04 Å².